The summed E-state index contributed by atoms with van der Waals surface area (Å²) in [5, 5.41) is 49.9. The van der Waals surface area contributed by atoms with Crippen LogP contribution in [0, 0.1) is 17.3 Å². The Morgan fingerprint density at radius 1 is 0.292 bits per heavy atom. The zero-order chi connectivity index (χ0) is 88.9. The van der Waals surface area contributed by atoms with Crippen molar-refractivity contribution in [3.8, 4) is 0 Å². The van der Waals surface area contributed by atoms with Crippen LogP contribution in [0.5, 0.6) is 0 Å². The van der Waals surface area contributed by atoms with Crippen molar-refractivity contribution in [1.29, 1.82) is 0 Å². The molecule has 0 bridgehead atoms. The molecule has 0 aliphatic heterocycles. The lowest BCUT2D eigenvalue weighted by Gasteiger charge is -2.23. The van der Waals surface area contributed by atoms with Crippen LogP contribution in [0.1, 0.15) is 317 Å². The molecule has 0 aliphatic carbocycles. The van der Waals surface area contributed by atoms with Crippen LogP contribution in [-0.4, -0.2) is 239 Å². The second-order valence-electron chi connectivity index (χ2n) is 31.9. The summed E-state index contributed by atoms with van der Waals surface area (Å²) in [5.41, 5.74) is 1.52. The van der Waals surface area contributed by atoms with Crippen LogP contribution in [0.15, 0.2) is 0 Å². The number of hydroxylamine groups is 1. The van der Waals surface area contributed by atoms with Crippen molar-refractivity contribution >= 4 is 88.2 Å². The maximum Gasteiger partial charge on any atom is 0.326 e. The fourth-order valence-electron chi connectivity index (χ4n) is 12.7. The van der Waals surface area contributed by atoms with Crippen LogP contribution in [-0.2, 0) is 110 Å². The number of carbonyl (C=O) groups is 15. The summed E-state index contributed by atoms with van der Waals surface area (Å²) < 4.78 is 37.9. The average molecular weight is 1710 g/mol. The number of carboxylic acid groups (broad SMARTS) is 4. The maximum atomic E-state index is 13.7. The molecule has 4 atom stereocenters. The van der Waals surface area contributed by atoms with Gasteiger partial charge >= 0.3 is 23.9 Å². The molecular formula is C87H152N6O27. The van der Waals surface area contributed by atoms with E-state index in [0.717, 1.165) is 122 Å². The minimum atomic E-state index is -1.21. The van der Waals surface area contributed by atoms with Gasteiger partial charge in [-0.05, 0) is 84.0 Å². The van der Waals surface area contributed by atoms with Gasteiger partial charge in [-0.15, -0.1) is 0 Å². The standard InChI is InChI=1S/C87H152N6O27/c1-68(94)69(37-33-49-89-81(103)66-119-60-61-120-93-82(104)67-118-59-55-113-51-34-38-71(95)44-45-73(85(109)110)91-78(100)40-27-23-19-15-11-7-5-6-8-13-17-21-25-29-42-83(105)106)62-75(97)70(63-76(98)87(2,3)4)36-31-32-48-88-80(102)65-117-58-54-114-52-35-39-72(96)64-116-57-56-115-53-50-90-77(99)47-46-74(86(111)112)92-79(101)41-28-24-20-16-12-9-10-14-18-22-26-30-43-84(107)108/h69-70,73-74H,5-67H2,1-4H3,(H,88,102)(H,89,103)(H,90,99)(H,91,100)(H,92,101)(H,93,104)(H,105,106)(H,107,108)(H,109,110)(H,111,112)/t69-,70-,73+,74+/m1/s1. The first-order chi connectivity index (χ1) is 57.6. The van der Waals surface area contributed by atoms with Crippen LogP contribution < -0.4 is 32.1 Å². The van der Waals surface area contributed by atoms with Crippen LogP contribution in [0.3, 0.4) is 0 Å². The van der Waals surface area contributed by atoms with Crippen LogP contribution in [0.25, 0.3) is 0 Å². The molecule has 0 aromatic carbocycles. The zero-order valence-electron chi connectivity index (χ0n) is 73.0. The number of Topliss-reactive ketones (excluding diaryl/α,β-unsaturated/α-hetero) is 5. The van der Waals surface area contributed by atoms with Crippen molar-refractivity contribution in [1.82, 2.24) is 32.1 Å². The molecule has 0 fully saturated rings. The zero-order valence-corrected chi connectivity index (χ0v) is 73.0. The number of hydrogen-bond donors (Lipinski definition) is 10. The smallest absolute Gasteiger partial charge is 0.326 e. The summed E-state index contributed by atoms with van der Waals surface area (Å²) in [5.74, 6) is -8.27. The topological polar surface area (TPSA) is 483 Å². The molecule has 33 nitrogen and oxygen atoms in total. The lowest BCUT2D eigenvalue weighted by molar-refractivity contribution is -0.142. The van der Waals surface area contributed by atoms with Gasteiger partial charge in [0.25, 0.3) is 5.91 Å². The number of carbonyl (C=O) groups excluding carboxylic acids is 11. The molecule has 0 unspecified atom stereocenters. The minimum absolute atomic E-state index is 0.00141. The summed E-state index contributed by atoms with van der Waals surface area (Å²) in [6.07, 6.45) is 31.0. The van der Waals surface area contributed by atoms with Crippen LogP contribution in [0.2, 0.25) is 0 Å². The number of carboxylic acids is 4. The van der Waals surface area contributed by atoms with E-state index in [2.05, 4.69) is 32.1 Å². The minimum Gasteiger partial charge on any atom is -0.481 e. The van der Waals surface area contributed by atoms with Gasteiger partial charge in [0, 0.05) is 114 Å². The Kier molecular flexibility index (Phi) is 73.1. The molecule has 0 aromatic rings. The normalized spacial score (nSPS) is 12.4. The molecule has 0 radical (unpaired) electrons. The molecule has 0 saturated carbocycles. The molecule has 120 heavy (non-hydrogen) atoms. The molecule has 0 rings (SSSR count). The molecular weight excluding hydrogens is 1560 g/mol. The largest absolute Gasteiger partial charge is 0.481 e. The van der Waals surface area contributed by atoms with E-state index in [4.69, 9.17) is 48.2 Å². The molecule has 0 aliphatic rings. The number of amides is 6. The molecule has 0 spiro atoms. The van der Waals surface area contributed by atoms with Crippen molar-refractivity contribution in [3.63, 3.8) is 0 Å². The highest BCUT2D eigenvalue weighted by Crippen LogP contribution is 2.27. The van der Waals surface area contributed by atoms with Crippen molar-refractivity contribution in [2.24, 2.45) is 17.3 Å². The molecule has 692 valence electrons. The Balaban J connectivity index is 4.15. The summed E-state index contributed by atoms with van der Waals surface area (Å²) in [6, 6.07) is -2.32. The SMILES string of the molecule is CC(=O)[C@H](CCCNC(=O)COCCONC(=O)COCCOCCCC(=O)CC[C@H](NC(=O)CCCCCCCCCCCCCCCCC(=O)O)C(=O)O)CC(=O)[C@H](CCCCNC(=O)COCCOCCCC(=O)COCCOCCNC(=O)CC[C@H](NC(=O)CCCCCCCCCCCCCCC(=O)O)C(=O)O)CC(=O)C(C)(C)C. The summed E-state index contributed by atoms with van der Waals surface area (Å²) >= 11 is 0. The molecule has 10 N–H and O–H groups in total. The second kappa shape index (κ2) is 77.8. The predicted molar refractivity (Wildman–Crippen MR) is 448 cm³/mol. The third-order valence-electron chi connectivity index (χ3n) is 20.0. The molecule has 0 saturated heterocycles. The molecule has 6 amide bonds. The van der Waals surface area contributed by atoms with E-state index in [0.29, 0.717) is 70.9 Å². The highest BCUT2D eigenvalue weighted by molar-refractivity contribution is 5.93. The average Bonchev–Trinajstić information content (AvgIpc) is 0.871. The molecule has 0 heterocycles. The van der Waals surface area contributed by atoms with E-state index >= 15 is 0 Å². The number of ether oxygens (including phenoxy) is 7. The van der Waals surface area contributed by atoms with Gasteiger partial charge in [0.05, 0.1) is 59.5 Å². The van der Waals surface area contributed by atoms with E-state index in [1.807, 2.05) is 0 Å². The summed E-state index contributed by atoms with van der Waals surface area (Å²) in [4.78, 5) is 188. The Bertz CT molecular complexity index is 2840. The van der Waals surface area contributed by atoms with E-state index in [-0.39, 0.29) is 235 Å². The van der Waals surface area contributed by atoms with E-state index in [1.165, 1.54) is 39.0 Å². The van der Waals surface area contributed by atoms with Gasteiger partial charge in [-0.25, -0.2) is 15.1 Å². The highest BCUT2D eigenvalue weighted by Gasteiger charge is 2.31. The lowest BCUT2D eigenvalue weighted by atomic mass is 9.80. The van der Waals surface area contributed by atoms with Gasteiger partial charge < -0.3 is 80.2 Å². The van der Waals surface area contributed by atoms with E-state index in [9.17, 15) is 82.1 Å². The summed E-state index contributed by atoms with van der Waals surface area (Å²) in [6.45, 7) is 8.04. The molecule has 0 aromatic heterocycles. The first-order valence-corrected chi connectivity index (χ1v) is 44.4. The lowest BCUT2D eigenvalue weighted by Crippen LogP contribution is -2.41. The van der Waals surface area contributed by atoms with Gasteiger partial charge in [-0.2, -0.15) is 0 Å². The van der Waals surface area contributed by atoms with Crippen molar-refractivity contribution < 1.29 is 130 Å². The fraction of sp³-hybridized carbons (Fsp3) is 0.828. The van der Waals surface area contributed by atoms with Crippen LogP contribution >= 0.6 is 0 Å². The van der Waals surface area contributed by atoms with Gasteiger partial charge in [0.2, 0.25) is 29.5 Å². The number of nitrogens with one attached hydrogen (secondary N) is 6. The van der Waals surface area contributed by atoms with Gasteiger partial charge in [0.1, 0.15) is 61.6 Å². The van der Waals surface area contributed by atoms with Crippen molar-refractivity contribution in [2.45, 2.75) is 329 Å². The van der Waals surface area contributed by atoms with E-state index in [1.54, 1.807) is 20.8 Å². The second-order valence-corrected chi connectivity index (χ2v) is 31.9. The maximum absolute atomic E-state index is 13.7. The third kappa shape index (κ3) is 74.6. The number of hydrogen-bond acceptors (Lipinski definition) is 23. The first kappa shape index (κ1) is 113. The Hall–Kier alpha value is -7.27. The third-order valence-corrected chi connectivity index (χ3v) is 20.0. The number of unbranched alkanes of at least 4 members (excludes halogenated alkanes) is 25. The first-order valence-electron chi connectivity index (χ1n) is 44.4. The number of aliphatic carboxylic acids is 4. The quantitative estimate of drug-likeness (QED) is 0.0200. The summed E-state index contributed by atoms with van der Waals surface area (Å²) in [7, 11) is 0. The highest BCUT2D eigenvalue weighted by atomic mass is 16.7. The van der Waals surface area contributed by atoms with Gasteiger partial charge in [-0.1, -0.05) is 168 Å². The molecule has 33 heteroatoms. The monoisotopic (exact) mass is 1710 g/mol. The number of rotatable bonds is 89. The Morgan fingerprint density at radius 2 is 0.658 bits per heavy atom. The van der Waals surface area contributed by atoms with Crippen LogP contribution in [0.4, 0.5) is 0 Å². The number of ketones is 5. The van der Waals surface area contributed by atoms with Gasteiger partial charge in [-0.3, -0.25) is 67.2 Å². The predicted octanol–water partition coefficient (Wildman–Crippen LogP) is 10.5. The Morgan fingerprint density at radius 3 is 1.09 bits per heavy atom. The van der Waals surface area contributed by atoms with E-state index < -0.39 is 65.0 Å². The Labute approximate surface area is 712 Å². The fourth-order valence-corrected chi connectivity index (χ4v) is 12.7. The van der Waals surface area contributed by atoms with Crippen molar-refractivity contribution in [2.75, 3.05) is 119 Å². The van der Waals surface area contributed by atoms with Gasteiger partial charge in [0.15, 0.2) is 5.78 Å². The van der Waals surface area contributed by atoms with Crippen molar-refractivity contribution in [3.05, 3.63) is 0 Å².